The van der Waals surface area contributed by atoms with Gasteiger partial charge in [-0.25, -0.2) is 5.43 Å². The van der Waals surface area contributed by atoms with Gasteiger partial charge < -0.3 is 4.42 Å². The Hall–Kier alpha value is -3.65. The minimum atomic E-state index is -0.241. The van der Waals surface area contributed by atoms with Crippen molar-refractivity contribution in [1.82, 2.24) is 20.2 Å². The Morgan fingerprint density at radius 2 is 1.76 bits per heavy atom. The molecule has 34 heavy (non-hydrogen) atoms. The van der Waals surface area contributed by atoms with Crippen LogP contribution in [-0.2, 0) is 10.2 Å². The summed E-state index contributed by atoms with van der Waals surface area (Å²) >= 11 is 1.31. The molecule has 1 N–H and O–H groups in total. The van der Waals surface area contributed by atoms with Gasteiger partial charge >= 0.3 is 0 Å². The molecule has 8 heteroatoms. The second kappa shape index (κ2) is 10.1. The summed E-state index contributed by atoms with van der Waals surface area (Å²) in [4.78, 5) is 12.4. The van der Waals surface area contributed by atoms with E-state index in [-0.39, 0.29) is 17.1 Å². The zero-order valence-electron chi connectivity index (χ0n) is 19.6. The van der Waals surface area contributed by atoms with Crippen LogP contribution in [-0.4, -0.2) is 32.1 Å². The smallest absolute Gasteiger partial charge is 0.250 e. The van der Waals surface area contributed by atoms with Gasteiger partial charge in [0.1, 0.15) is 11.5 Å². The highest BCUT2D eigenvalue weighted by molar-refractivity contribution is 7.99. The monoisotopic (exact) mass is 473 g/mol. The van der Waals surface area contributed by atoms with E-state index in [2.05, 4.69) is 65.8 Å². The summed E-state index contributed by atoms with van der Waals surface area (Å²) in [6.07, 6.45) is 1.57. The molecule has 2 aromatic heterocycles. The molecule has 0 aliphatic carbocycles. The van der Waals surface area contributed by atoms with Crippen LogP contribution in [0.15, 0.2) is 87.7 Å². The molecule has 4 aromatic rings. The number of carbonyl (C=O) groups is 1. The first-order valence-corrected chi connectivity index (χ1v) is 11.9. The zero-order valence-corrected chi connectivity index (χ0v) is 20.5. The van der Waals surface area contributed by atoms with E-state index in [0.717, 1.165) is 17.1 Å². The predicted molar refractivity (Wildman–Crippen MR) is 135 cm³/mol. The van der Waals surface area contributed by atoms with Crippen LogP contribution < -0.4 is 5.43 Å². The van der Waals surface area contributed by atoms with Crippen molar-refractivity contribution in [2.24, 2.45) is 5.10 Å². The maximum atomic E-state index is 12.4. The lowest BCUT2D eigenvalue weighted by molar-refractivity contribution is -0.118. The van der Waals surface area contributed by atoms with E-state index in [0.29, 0.717) is 16.6 Å². The Labute approximate surface area is 203 Å². The van der Waals surface area contributed by atoms with Crippen LogP contribution in [0, 0.1) is 0 Å². The molecule has 0 saturated carbocycles. The fourth-order valence-electron chi connectivity index (χ4n) is 3.33. The molecule has 1 amide bonds. The number of carbonyl (C=O) groups excluding carboxylic acids is 1. The number of furan rings is 1. The number of hydrogen-bond donors (Lipinski definition) is 1. The van der Waals surface area contributed by atoms with Crippen molar-refractivity contribution in [2.45, 2.75) is 38.3 Å². The van der Waals surface area contributed by atoms with Crippen molar-refractivity contribution < 1.29 is 9.21 Å². The molecule has 2 heterocycles. The highest BCUT2D eigenvalue weighted by Gasteiger charge is 2.19. The van der Waals surface area contributed by atoms with E-state index in [1.165, 1.54) is 17.3 Å². The third-order valence-corrected chi connectivity index (χ3v) is 6.14. The first-order valence-electron chi connectivity index (χ1n) is 10.9. The van der Waals surface area contributed by atoms with Crippen LogP contribution in [0.3, 0.4) is 0 Å². The standard InChI is InChI=1S/C26H27N5O2S/c1-18(22-11-8-16-33-22)27-28-23(32)17-34-25-30-29-24(31(25)21-9-6-5-7-10-21)19-12-14-20(15-13-19)26(2,3)4/h5-16H,17H2,1-4H3,(H,28,32)/b27-18-. The van der Waals surface area contributed by atoms with Crippen LogP contribution >= 0.6 is 11.8 Å². The molecular weight excluding hydrogens is 446 g/mol. The van der Waals surface area contributed by atoms with E-state index in [4.69, 9.17) is 4.42 Å². The van der Waals surface area contributed by atoms with Gasteiger partial charge in [-0.3, -0.25) is 9.36 Å². The van der Waals surface area contributed by atoms with Crippen LogP contribution in [0.5, 0.6) is 0 Å². The average Bonchev–Trinajstić information content (AvgIpc) is 3.52. The second-order valence-electron chi connectivity index (χ2n) is 8.80. The number of benzene rings is 2. The minimum absolute atomic E-state index is 0.0672. The van der Waals surface area contributed by atoms with E-state index in [9.17, 15) is 4.79 Å². The lowest BCUT2D eigenvalue weighted by atomic mass is 9.87. The zero-order chi connectivity index (χ0) is 24.1. The van der Waals surface area contributed by atoms with Gasteiger partial charge in [-0.05, 0) is 42.2 Å². The molecular formula is C26H27N5O2S. The Kier molecular flexibility index (Phi) is 6.98. The molecule has 7 nitrogen and oxygen atoms in total. The Bertz CT molecular complexity index is 1270. The summed E-state index contributed by atoms with van der Waals surface area (Å²) in [6.45, 7) is 8.34. The number of hydrazone groups is 1. The Morgan fingerprint density at radius 3 is 2.41 bits per heavy atom. The van der Waals surface area contributed by atoms with Crippen LogP contribution in [0.4, 0.5) is 0 Å². The third-order valence-electron chi connectivity index (χ3n) is 5.22. The number of para-hydroxylation sites is 1. The Balaban J connectivity index is 1.55. The van der Waals surface area contributed by atoms with E-state index >= 15 is 0 Å². The normalized spacial score (nSPS) is 12.1. The van der Waals surface area contributed by atoms with Crippen molar-refractivity contribution in [3.8, 4) is 17.1 Å². The summed E-state index contributed by atoms with van der Waals surface area (Å²) < 4.78 is 7.26. The molecule has 0 spiro atoms. The van der Waals surface area contributed by atoms with Crippen LogP contribution in [0.2, 0.25) is 0 Å². The van der Waals surface area contributed by atoms with Crippen LogP contribution in [0.25, 0.3) is 17.1 Å². The quantitative estimate of drug-likeness (QED) is 0.219. The minimum Gasteiger partial charge on any atom is -0.463 e. The van der Waals surface area contributed by atoms with Gasteiger partial charge in [-0.2, -0.15) is 5.10 Å². The maximum Gasteiger partial charge on any atom is 0.250 e. The molecule has 4 rings (SSSR count). The van der Waals surface area contributed by atoms with Gasteiger partial charge in [0.15, 0.2) is 11.0 Å². The number of amides is 1. The van der Waals surface area contributed by atoms with Gasteiger partial charge in [0.05, 0.1) is 12.0 Å². The predicted octanol–water partition coefficient (Wildman–Crippen LogP) is 5.46. The highest BCUT2D eigenvalue weighted by atomic mass is 32.2. The van der Waals surface area contributed by atoms with E-state index < -0.39 is 0 Å². The maximum absolute atomic E-state index is 12.4. The van der Waals surface area contributed by atoms with Gasteiger partial charge in [0.25, 0.3) is 5.91 Å². The van der Waals surface area contributed by atoms with Crippen molar-refractivity contribution in [2.75, 3.05) is 5.75 Å². The molecule has 0 fully saturated rings. The highest BCUT2D eigenvalue weighted by Crippen LogP contribution is 2.30. The number of nitrogens with one attached hydrogen (secondary N) is 1. The topological polar surface area (TPSA) is 85.3 Å². The van der Waals surface area contributed by atoms with Gasteiger partial charge in [0, 0.05) is 11.3 Å². The van der Waals surface area contributed by atoms with Gasteiger partial charge in [0.2, 0.25) is 0 Å². The molecule has 0 unspecified atom stereocenters. The first-order chi connectivity index (χ1) is 16.3. The molecule has 2 aromatic carbocycles. The molecule has 0 atom stereocenters. The van der Waals surface area contributed by atoms with Crippen LogP contribution in [0.1, 0.15) is 39.0 Å². The van der Waals surface area contributed by atoms with Crippen molar-refractivity contribution in [3.63, 3.8) is 0 Å². The summed E-state index contributed by atoms with van der Waals surface area (Å²) in [5.41, 5.74) is 6.37. The van der Waals surface area contributed by atoms with Gasteiger partial charge in [-0.1, -0.05) is 75.0 Å². The molecule has 0 radical (unpaired) electrons. The SMILES string of the molecule is C/C(=N/NC(=O)CSc1nnc(-c2ccc(C(C)(C)C)cc2)n1-c1ccccc1)c1ccco1. The number of hydrogen-bond acceptors (Lipinski definition) is 6. The number of thioether (sulfide) groups is 1. The average molecular weight is 474 g/mol. The number of aromatic nitrogens is 3. The summed E-state index contributed by atoms with van der Waals surface area (Å²) in [5.74, 6) is 1.23. The largest absolute Gasteiger partial charge is 0.463 e. The lowest BCUT2D eigenvalue weighted by Gasteiger charge is -2.19. The van der Waals surface area contributed by atoms with E-state index in [1.54, 1.807) is 25.3 Å². The number of nitrogens with zero attached hydrogens (tertiary/aromatic N) is 4. The van der Waals surface area contributed by atoms with E-state index in [1.807, 2.05) is 34.9 Å². The molecule has 0 saturated heterocycles. The summed E-state index contributed by atoms with van der Waals surface area (Å²) in [7, 11) is 0. The second-order valence-corrected chi connectivity index (χ2v) is 9.75. The Morgan fingerprint density at radius 1 is 1.03 bits per heavy atom. The molecule has 0 aliphatic rings. The third kappa shape index (κ3) is 5.46. The molecule has 174 valence electrons. The van der Waals surface area contributed by atoms with Crippen molar-refractivity contribution >= 4 is 23.4 Å². The fourth-order valence-corrected chi connectivity index (χ4v) is 4.07. The lowest BCUT2D eigenvalue weighted by Crippen LogP contribution is -2.21. The number of rotatable bonds is 7. The van der Waals surface area contributed by atoms with Gasteiger partial charge in [-0.15, -0.1) is 10.2 Å². The summed E-state index contributed by atoms with van der Waals surface area (Å²) in [5, 5.41) is 13.6. The summed E-state index contributed by atoms with van der Waals surface area (Å²) in [6, 6.07) is 21.8. The van der Waals surface area contributed by atoms with Crippen molar-refractivity contribution in [1.29, 1.82) is 0 Å². The molecule has 0 bridgehead atoms. The molecule has 0 aliphatic heterocycles. The first kappa shape index (κ1) is 23.5. The van der Waals surface area contributed by atoms with Crippen molar-refractivity contribution in [3.05, 3.63) is 84.3 Å². The fraction of sp³-hybridized carbons (Fsp3) is 0.231.